The van der Waals surface area contributed by atoms with Crippen molar-refractivity contribution in [1.29, 1.82) is 0 Å². The molecule has 146 valence electrons. The fraction of sp³-hybridized carbons (Fsp3) is 0.227. The molecule has 4 aromatic rings. The molecule has 3 heterocycles. The summed E-state index contributed by atoms with van der Waals surface area (Å²) in [6, 6.07) is 12.2. The molecular weight excluding hydrogens is 374 g/mol. The third kappa shape index (κ3) is 3.55. The Hall–Kier alpha value is -3.35. The predicted octanol–water partition coefficient (Wildman–Crippen LogP) is 4.95. The molecule has 29 heavy (non-hydrogen) atoms. The highest BCUT2D eigenvalue weighted by Crippen LogP contribution is 2.32. The summed E-state index contributed by atoms with van der Waals surface area (Å²) in [5.74, 6) is 0.767. The van der Waals surface area contributed by atoms with Crippen molar-refractivity contribution in [2.24, 2.45) is 0 Å². The number of fused-ring (bicyclic) bond motifs is 1. The standard InChI is InChI=1S/C22H18F2N4O/c23-17-3-1-2-15(10-17)16-4-5-20-19(11-16)27-21(29-20)14-6-8-28(9-7-14)22-25-12-18(24)13-26-22/h1-5,10-14H,6-9H2. The van der Waals surface area contributed by atoms with Gasteiger partial charge in [0.1, 0.15) is 11.3 Å². The normalized spacial score (nSPS) is 15.2. The first-order chi connectivity index (χ1) is 14.2. The average molecular weight is 392 g/mol. The van der Waals surface area contributed by atoms with E-state index in [1.54, 1.807) is 6.07 Å². The quantitative estimate of drug-likeness (QED) is 0.494. The summed E-state index contributed by atoms with van der Waals surface area (Å²) >= 11 is 0. The van der Waals surface area contributed by atoms with Crippen LogP contribution < -0.4 is 4.90 Å². The van der Waals surface area contributed by atoms with Gasteiger partial charge in [-0.3, -0.25) is 0 Å². The maximum Gasteiger partial charge on any atom is 0.225 e. The molecule has 7 heteroatoms. The Morgan fingerprint density at radius 2 is 1.66 bits per heavy atom. The van der Waals surface area contributed by atoms with Crippen LogP contribution >= 0.6 is 0 Å². The molecule has 0 bridgehead atoms. The van der Waals surface area contributed by atoms with E-state index in [4.69, 9.17) is 9.40 Å². The van der Waals surface area contributed by atoms with Gasteiger partial charge in [0.25, 0.3) is 0 Å². The summed E-state index contributed by atoms with van der Waals surface area (Å²) in [7, 11) is 0. The summed E-state index contributed by atoms with van der Waals surface area (Å²) in [6.07, 6.45) is 4.07. The summed E-state index contributed by atoms with van der Waals surface area (Å²) in [5.41, 5.74) is 3.21. The van der Waals surface area contributed by atoms with Gasteiger partial charge in [0, 0.05) is 19.0 Å². The summed E-state index contributed by atoms with van der Waals surface area (Å²) < 4.78 is 32.5. The minimum absolute atomic E-state index is 0.205. The van der Waals surface area contributed by atoms with Crippen LogP contribution in [-0.4, -0.2) is 28.0 Å². The first-order valence-corrected chi connectivity index (χ1v) is 9.55. The lowest BCUT2D eigenvalue weighted by Gasteiger charge is -2.30. The molecule has 5 rings (SSSR count). The highest BCUT2D eigenvalue weighted by molar-refractivity contribution is 5.80. The van der Waals surface area contributed by atoms with Gasteiger partial charge in [-0.25, -0.2) is 23.7 Å². The molecule has 1 aliphatic heterocycles. The van der Waals surface area contributed by atoms with Crippen LogP contribution in [0.5, 0.6) is 0 Å². The molecule has 2 aromatic carbocycles. The van der Waals surface area contributed by atoms with Crippen LogP contribution in [0.4, 0.5) is 14.7 Å². The van der Waals surface area contributed by atoms with Gasteiger partial charge in [-0.1, -0.05) is 18.2 Å². The van der Waals surface area contributed by atoms with Gasteiger partial charge >= 0.3 is 0 Å². The van der Waals surface area contributed by atoms with Crippen molar-refractivity contribution in [1.82, 2.24) is 15.0 Å². The van der Waals surface area contributed by atoms with Crippen molar-refractivity contribution in [2.45, 2.75) is 18.8 Å². The lowest BCUT2D eigenvalue weighted by molar-refractivity contribution is 0.405. The van der Waals surface area contributed by atoms with Crippen molar-refractivity contribution >= 4 is 17.0 Å². The van der Waals surface area contributed by atoms with Crippen LogP contribution in [-0.2, 0) is 0 Å². The molecule has 1 saturated heterocycles. The third-order valence-electron chi connectivity index (χ3n) is 5.30. The number of piperidine rings is 1. The van der Waals surface area contributed by atoms with Crippen molar-refractivity contribution in [2.75, 3.05) is 18.0 Å². The zero-order valence-corrected chi connectivity index (χ0v) is 15.6. The second kappa shape index (κ2) is 7.24. The molecule has 5 nitrogen and oxygen atoms in total. The van der Waals surface area contributed by atoms with E-state index in [1.807, 2.05) is 29.2 Å². The van der Waals surface area contributed by atoms with E-state index >= 15 is 0 Å². The van der Waals surface area contributed by atoms with Gasteiger partial charge in [0.2, 0.25) is 5.95 Å². The van der Waals surface area contributed by atoms with Gasteiger partial charge in [0.15, 0.2) is 17.3 Å². The number of nitrogens with zero attached hydrogens (tertiary/aromatic N) is 4. The molecule has 0 spiro atoms. The SMILES string of the molecule is Fc1cnc(N2CCC(c3nc4cc(-c5cccc(F)c5)ccc4o3)CC2)nc1. The fourth-order valence-electron chi connectivity index (χ4n) is 3.76. The monoisotopic (exact) mass is 392 g/mol. The second-order valence-electron chi connectivity index (χ2n) is 7.21. The molecule has 0 unspecified atom stereocenters. The Bertz CT molecular complexity index is 1150. The zero-order chi connectivity index (χ0) is 19.8. The Balaban J connectivity index is 1.34. The molecule has 0 saturated carbocycles. The number of anilines is 1. The van der Waals surface area contributed by atoms with E-state index in [2.05, 4.69) is 9.97 Å². The number of aromatic nitrogens is 3. The Morgan fingerprint density at radius 1 is 0.897 bits per heavy atom. The second-order valence-corrected chi connectivity index (χ2v) is 7.21. The smallest absolute Gasteiger partial charge is 0.225 e. The molecular formula is C22H18F2N4O. The van der Waals surface area contributed by atoms with Crippen LogP contribution in [0.3, 0.4) is 0 Å². The van der Waals surface area contributed by atoms with E-state index in [1.165, 1.54) is 24.5 Å². The van der Waals surface area contributed by atoms with Gasteiger partial charge in [-0.15, -0.1) is 0 Å². The van der Waals surface area contributed by atoms with Crippen molar-refractivity contribution < 1.29 is 13.2 Å². The van der Waals surface area contributed by atoms with Crippen LogP contribution in [0.25, 0.3) is 22.2 Å². The van der Waals surface area contributed by atoms with Crippen LogP contribution in [0.1, 0.15) is 24.7 Å². The number of halogens is 2. The Morgan fingerprint density at radius 3 is 2.41 bits per heavy atom. The highest BCUT2D eigenvalue weighted by atomic mass is 19.1. The fourth-order valence-corrected chi connectivity index (χ4v) is 3.76. The minimum atomic E-state index is -0.437. The van der Waals surface area contributed by atoms with E-state index in [9.17, 15) is 8.78 Å². The first kappa shape index (κ1) is 17.7. The predicted molar refractivity (Wildman–Crippen MR) is 106 cm³/mol. The maximum atomic E-state index is 13.5. The van der Waals surface area contributed by atoms with Gasteiger partial charge in [-0.2, -0.15) is 0 Å². The van der Waals surface area contributed by atoms with Crippen LogP contribution in [0, 0.1) is 11.6 Å². The maximum absolute atomic E-state index is 13.5. The van der Waals surface area contributed by atoms with E-state index in [0.717, 1.165) is 54.0 Å². The average Bonchev–Trinajstić information content (AvgIpc) is 3.18. The van der Waals surface area contributed by atoms with Crippen molar-refractivity contribution in [3.8, 4) is 11.1 Å². The Kier molecular flexibility index (Phi) is 4.42. The topological polar surface area (TPSA) is 55.1 Å². The van der Waals surface area contributed by atoms with Crippen LogP contribution in [0.15, 0.2) is 59.3 Å². The summed E-state index contributed by atoms with van der Waals surface area (Å²) in [5, 5.41) is 0. The number of rotatable bonds is 3. The molecule has 0 radical (unpaired) electrons. The van der Waals surface area contributed by atoms with Crippen molar-refractivity contribution in [3.63, 3.8) is 0 Å². The van der Waals surface area contributed by atoms with E-state index < -0.39 is 5.82 Å². The van der Waals surface area contributed by atoms with E-state index in [-0.39, 0.29) is 11.7 Å². The molecule has 2 aromatic heterocycles. The summed E-state index contributed by atoms with van der Waals surface area (Å²) in [6.45, 7) is 1.51. The number of hydrogen-bond acceptors (Lipinski definition) is 5. The third-order valence-corrected chi connectivity index (χ3v) is 5.30. The zero-order valence-electron chi connectivity index (χ0n) is 15.6. The largest absolute Gasteiger partial charge is 0.440 e. The van der Waals surface area contributed by atoms with E-state index in [0.29, 0.717) is 5.95 Å². The van der Waals surface area contributed by atoms with Crippen LogP contribution in [0.2, 0.25) is 0 Å². The lowest BCUT2D eigenvalue weighted by Crippen LogP contribution is -2.34. The molecule has 0 N–H and O–H groups in total. The minimum Gasteiger partial charge on any atom is -0.440 e. The molecule has 1 fully saturated rings. The lowest BCUT2D eigenvalue weighted by atomic mass is 9.97. The molecule has 1 aliphatic rings. The van der Waals surface area contributed by atoms with Crippen molar-refractivity contribution in [3.05, 3.63) is 72.4 Å². The molecule has 0 amide bonds. The van der Waals surface area contributed by atoms with Gasteiger partial charge in [-0.05, 0) is 48.2 Å². The number of benzene rings is 2. The van der Waals surface area contributed by atoms with Gasteiger partial charge in [0.05, 0.1) is 12.4 Å². The summed E-state index contributed by atoms with van der Waals surface area (Å²) in [4.78, 5) is 14.8. The van der Waals surface area contributed by atoms with Gasteiger partial charge < -0.3 is 9.32 Å². The number of hydrogen-bond donors (Lipinski definition) is 0. The first-order valence-electron chi connectivity index (χ1n) is 9.55. The molecule has 0 atom stereocenters. The molecule has 0 aliphatic carbocycles. The number of oxazole rings is 1. The highest BCUT2D eigenvalue weighted by Gasteiger charge is 2.26. The Labute approximate surface area is 166 Å².